The smallest absolute Gasteiger partial charge is 0.373 e. The summed E-state index contributed by atoms with van der Waals surface area (Å²) in [5.41, 5.74) is 3.13. The second-order valence-corrected chi connectivity index (χ2v) is 9.81. The third kappa shape index (κ3) is 5.06. The van der Waals surface area contributed by atoms with Crippen LogP contribution in [-0.2, 0) is 30.6 Å². The number of nitrogens with zero attached hydrogens (tertiary/aromatic N) is 6. The molecule has 1 atom stereocenters. The highest BCUT2D eigenvalue weighted by molar-refractivity contribution is 6.00. The van der Waals surface area contributed by atoms with Crippen molar-refractivity contribution in [2.45, 2.75) is 51.2 Å². The lowest BCUT2D eigenvalue weighted by molar-refractivity contribution is -0.137. The van der Waals surface area contributed by atoms with Crippen molar-refractivity contribution in [1.29, 1.82) is 0 Å². The third-order valence-corrected chi connectivity index (χ3v) is 7.29. The van der Waals surface area contributed by atoms with E-state index in [-0.39, 0.29) is 11.9 Å². The molecule has 39 heavy (non-hydrogen) atoms. The van der Waals surface area contributed by atoms with Crippen molar-refractivity contribution in [2.24, 2.45) is 0 Å². The summed E-state index contributed by atoms with van der Waals surface area (Å²) in [5, 5.41) is 9.30. The number of hydrogen-bond donors (Lipinski definition) is 0. The van der Waals surface area contributed by atoms with Gasteiger partial charge in [0.2, 0.25) is 0 Å². The highest BCUT2D eigenvalue weighted by atomic mass is 19.4. The maximum Gasteiger partial charge on any atom is 0.417 e. The van der Waals surface area contributed by atoms with Gasteiger partial charge in [-0.05, 0) is 43.0 Å². The van der Waals surface area contributed by atoms with Crippen LogP contribution < -0.4 is 0 Å². The van der Waals surface area contributed by atoms with E-state index in [0.717, 1.165) is 48.3 Å². The lowest BCUT2D eigenvalue weighted by Gasteiger charge is -2.35. The number of aromatic nitrogens is 5. The Morgan fingerprint density at radius 2 is 1.85 bits per heavy atom. The van der Waals surface area contributed by atoms with Crippen LogP contribution in [0.2, 0.25) is 0 Å². The summed E-state index contributed by atoms with van der Waals surface area (Å²) in [6.07, 6.45) is 0.853. The quantitative estimate of drug-likeness (QED) is 0.357. The van der Waals surface area contributed by atoms with Crippen molar-refractivity contribution in [1.82, 2.24) is 29.4 Å². The van der Waals surface area contributed by atoms with Crippen LogP contribution in [0, 0.1) is 0 Å². The van der Waals surface area contributed by atoms with E-state index < -0.39 is 11.7 Å². The number of carbonyl (C=O) groups is 1. The normalized spacial score (nSPS) is 17.7. The van der Waals surface area contributed by atoms with Gasteiger partial charge >= 0.3 is 6.18 Å². The van der Waals surface area contributed by atoms with Crippen LogP contribution in [0.5, 0.6) is 0 Å². The molecule has 1 amide bonds. The Labute approximate surface area is 223 Å². The molecule has 5 heterocycles. The standard InChI is InChI=1S/C28H27F3N6O2/c29-28(30,31)20-9-10-22(32-16-20)23-11-13-35(33-23)17-21-8-4-5-12-36(21)27(38)26-25(19-6-2-1-3-7-19)24-18-39-15-14-37(24)34-26/h1-3,6-7,9-11,13,16,21H,4-5,8,12,14-15,17-18H2/t21-/m0/s1. The Bertz CT molecular complexity index is 1460. The fraction of sp³-hybridized carbons (Fsp3) is 0.357. The van der Waals surface area contributed by atoms with Gasteiger partial charge in [0, 0.05) is 24.5 Å². The third-order valence-electron chi connectivity index (χ3n) is 7.29. The first-order chi connectivity index (χ1) is 18.9. The van der Waals surface area contributed by atoms with Gasteiger partial charge in [0.15, 0.2) is 5.69 Å². The molecule has 2 aliphatic rings. The van der Waals surface area contributed by atoms with Gasteiger partial charge in [-0.3, -0.25) is 19.1 Å². The Balaban J connectivity index is 1.25. The van der Waals surface area contributed by atoms with E-state index in [4.69, 9.17) is 9.84 Å². The number of rotatable bonds is 5. The second kappa shape index (κ2) is 10.3. The number of halogens is 3. The van der Waals surface area contributed by atoms with Crippen LogP contribution in [0.1, 0.15) is 41.0 Å². The number of hydrogen-bond acceptors (Lipinski definition) is 5. The van der Waals surface area contributed by atoms with Gasteiger partial charge in [0.05, 0.1) is 49.3 Å². The summed E-state index contributed by atoms with van der Waals surface area (Å²) in [6.45, 7) is 2.63. The van der Waals surface area contributed by atoms with Crippen LogP contribution in [0.15, 0.2) is 60.9 Å². The van der Waals surface area contributed by atoms with Crippen molar-refractivity contribution < 1.29 is 22.7 Å². The van der Waals surface area contributed by atoms with Gasteiger partial charge in [-0.15, -0.1) is 0 Å². The average Bonchev–Trinajstić information content (AvgIpc) is 3.58. The minimum Gasteiger partial charge on any atom is -0.373 e. The zero-order valence-electron chi connectivity index (χ0n) is 21.1. The van der Waals surface area contributed by atoms with E-state index in [0.29, 0.717) is 49.9 Å². The van der Waals surface area contributed by atoms with Gasteiger partial charge in [0.25, 0.3) is 5.91 Å². The van der Waals surface area contributed by atoms with E-state index in [1.54, 1.807) is 16.9 Å². The molecule has 1 saturated heterocycles. The fourth-order valence-corrected chi connectivity index (χ4v) is 5.33. The topological polar surface area (TPSA) is 78.1 Å². The molecule has 11 heteroatoms. The zero-order chi connectivity index (χ0) is 27.0. The molecule has 2 aliphatic heterocycles. The molecule has 202 valence electrons. The number of amides is 1. The first kappa shape index (κ1) is 25.3. The van der Waals surface area contributed by atoms with E-state index in [2.05, 4.69) is 10.1 Å². The average molecular weight is 537 g/mol. The highest BCUT2D eigenvalue weighted by Crippen LogP contribution is 2.33. The fourth-order valence-electron chi connectivity index (χ4n) is 5.33. The Hall–Kier alpha value is -3.99. The number of fused-ring (bicyclic) bond motifs is 1. The van der Waals surface area contributed by atoms with E-state index in [1.165, 1.54) is 6.07 Å². The number of pyridine rings is 1. The summed E-state index contributed by atoms with van der Waals surface area (Å²) in [7, 11) is 0. The van der Waals surface area contributed by atoms with Gasteiger partial charge in [-0.25, -0.2) is 0 Å². The molecule has 0 unspecified atom stereocenters. The molecule has 8 nitrogen and oxygen atoms in total. The van der Waals surface area contributed by atoms with Crippen molar-refractivity contribution in [3.63, 3.8) is 0 Å². The van der Waals surface area contributed by atoms with Gasteiger partial charge < -0.3 is 9.64 Å². The molecular formula is C28H27F3N6O2. The minimum atomic E-state index is -4.44. The van der Waals surface area contributed by atoms with Crippen molar-refractivity contribution in [2.75, 3.05) is 13.2 Å². The summed E-state index contributed by atoms with van der Waals surface area (Å²) in [5.74, 6) is -0.114. The van der Waals surface area contributed by atoms with Crippen molar-refractivity contribution in [3.8, 4) is 22.5 Å². The molecule has 3 aromatic heterocycles. The van der Waals surface area contributed by atoms with E-state index in [9.17, 15) is 18.0 Å². The first-order valence-electron chi connectivity index (χ1n) is 13.0. The van der Waals surface area contributed by atoms with E-state index in [1.807, 2.05) is 39.9 Å². The molecule has 0 N–H and O–H groups in total. The molecule has 0 bridgehead atoms. The molecule has 6 rings (SSSR count). The molecule has 1 aromatic carbocycles. The summed E-state index contributed by atoms with van der Waals surface area (Å²) in [6, 6.07) is 13.7. The van der Waals surface area contributed by atoms with Crippen LogP contribution in [-0.4, -0.2) is 54.5 Å². The highest BCUT2D eigenvalue weighted by Gasteiger charge is 2.34. The number of alkyl halides is 3. The maximum atomic E-state index is 14.0. The molecular weight excluding hydrogens is 509 g/mol. The van der Waals surface area contributed by atoms with Crippen molar-refractivity contribution >= 4 is 5.91 Å². The number of carbonyl (C=O) groups excluding carboxylic acids is 1. The number of benzene rings is 1. The summed E-state index contributed by atoms with van der Waals surface area (Å²) < 4.78 is 48.0. The predicted octanol–water partition coefficient (Wildman–Crippen LogP) is 5.05. The molecule has 0 spiro atoms. The Kier molecular flexibility index (Phi) is 6.68. The van der Waals surface area contributed by atoms with Crippen LogP contribution in [0.25, 0.3) is 22.5 Å². The summed E-state index contributed by atoms with van der Waals surface area (Å²) >= 11 is 0. The first-order valence-corrected chi connectivity index (χ1v) is 13.0. The van der Waals surface area contributed by atoms with Crippen LogP contribution in [0.3, 0.4) is 0 Å². The zero-order valence-corrected chi connectivity index (χ0v) is 21.1. The Morgan fingerprint density at radius 3 is 2.62 bits per heavy atom. The largest absolute Gasteiger partial charge is 0.417 e. The van der Waals surface area contributed by atoms with E-state index >= 15 is 0 Å². The number of ether oxygens (including phenoxy) is 1. The lowest BCUT2D eigenvalue weighted by Crippen LogP contribution is -2.46. The van der Waals surface area contributed by atoms with Gasteiger partial charge in [-0.1, -0.05) is 30.3 Å². The van der Waals surface area contributed by atoms with Gasteiger partial charge in [0.1, 0.15) is 5.69 Å². The molecule has 0 aliphatic carbocycles. The molecule has 0 radical (unpaired) electrons. The van der Waals surface area contributed by atoms with Gasteiger partial charge in [-0.2, -0.15) is 23.4 Å². The minimum absolute atomic E-state index is 0.0989. The maximum absolute atomic E-state index is 14.0. The molecule has 0 saturated carbocycles. The lowest BCUT2D eigenvalue weighted by atomic mass is 9.98. The SMILES string of the molecule is O=C(c1nn2c(c1-c1ccccc1)COCC2)N1CCCC[C@H]1Cn1ccc(-c2ccc(C(F)(F)F)cn2)n1. The predicted molar refractivity (Wildman–Crippen MR) is 136 cm³/mol. The number of likely N-dealkylation sites (tertiary alicyclic amines) is 1. The Morgan fingerprint density at radius 1 is 1.00 bits per heavy atom. The van der Waals surface area contributed by atoms with Crippen LogP contribution >= 0.6 is 0 Å². The molecule has 1 fully saturated rings. The second-order valence-electron chi connectivity index (χ2n) is 9.81. The number of piperidine rings is 1. The monoisotopic (exact) mass is 536 g/mol. The summed E-state index contributed by atoms with van der Waals surface area (Å²) in [4.78, 5) is 19.9. The van der Waals surface area contributed by atoms with Crippen LogP contribution in [0.4, 0.5) is 13.2 Å². The van der Waals surface area contributed by atoms with Crippen molar-refractivity contribution in [3.05, 3.63) is 77.9 Å². The molecule has 4 aromatic rings.